The van der Waals surface area contributed by atoms with Crippen LogP contribution in [0.5, 0.6) is 0 Å². The highest BCUT2D eigenvalue weighted by Gasteiger charge is 2.67. The second kappa shape index (κ2) is 3.60. The molecule has 1 nitrogen and oxygen atoms in total. The average Bonchev–Trinajstić information content (AvgIpc) is 2.69. The second-order valence-corrected chi connectivity index (χ2v) is 7.25. The molecule has 0 aliphatic heterocycles. The van der Waals surface area contributed by atoms with Crippen molar-refractivity contribution in [2.24, 2.45) is 16.7 Å². The maximum Gasteiger partial charge on any atom is 0.0828 e. The van der Waals surface area contributed by atoms with Crippen molar-refractivity contribution in [2.45, 2.75) is 53.1 Å². The number of hydrogen-bond acceptors (Lipinski definition) is 1. The molecular formula is C17H24O. The fraction of sp³-hybridized carbons (Fsp3) is 0.647. The van der Waals surface area contributed by atoms with E-state index in [-0.39, 0.29) is 16.9 Å². The first kappa shape index (κ1) is 12.2. The van der Waals surface area contributed by atoms with E-state index in [0.29, 0.717) is 5.92 Å². The molecule has 1 aromatic carbocycles. The van der Waals surface area contributed by atoms with E-state index >= 15 is 0 Å². The fourth-order valence-electron chi connectivity index (χ4n) is 4.00. The Bertz CT molecular complexity index is 470. The molecule has 1 aromatic rings. The number of aliphatic hydroxyl groups excluding tert-OH is 1. The van der Waals surface area contributed by atoms with Gasteiger partial charge in [0, 0.05) is 5.92 Å². The molecule has 1 unspecified atom stereocenters. The first-order chi connectivity index (χ1) is 8.35. The summed E-state index contributed by atoms with van der Waals surface area (Å²) in [6.07, 6.45) is 3.37. The van der Waals surface area contributed by atoms with Crippen molar-refractivity contribution in [3.63, 3.8) is 0 Å². The lowest BCUT2D eigenvalue weighted by Crippen LogP contribution is -2.06. The van der Waals surface area contributed by atoms with Crippen LogP contribution in [0.15, 0.2) is 18.2 Å². The van der Waals surface area contributed by atoms with Crippen molar-refractivity contribution in [3.8, 4) is 0 Å². The van der Waals surface area contributed by atoms with Gasteiger partial charge in [-0.25, -0.2) is 0 Å². The van der Waals surface area contributed by atoms with Crippen LogP contribution in [0, 0.1) is 16.7 Å². The van der Waals surface area contributed by atoms with E-state index in [9.17, 15) is 5.11 Å². The summed E-state index contributed by atoms with van der Waals surface area (Å²) in [5, 5.41) is 10.7. The first-order valence-electron chi connectivity index (χ1n) is 7.15. The zero-order chi connectivity index (χ0) is 13.1. The van der Waals surface area contributed by atoms with Crippen LogP contribution in [0.1, 0.15) is 56.9 Å². The predicted molar refractivity (Wildman–Crippen MR) is 74.5 cm³/mol. The Morgan fingerprint density at radius 2 is 1.67 bits per heavy atom. The van der Waals surface area contributed by atoms with E-state index in [1.807, 2.05) is 0 Å². The van der Waals surface area contributed by atoms with E-state index < -0.39 is 0 Å². The molecule has 0 radical (unpaired) electrons. The minimum atomic E-state index is -0.305. The second-order valence-electron chi connectivity index (χ2n) is 7.25. The molecule has 0 amide bonds. The van der Waals surface area contributed by atoms with Crippen LogP contribution in [0.25, 0.3) is 0 Å². The highest BCUT2D eigenvalue weighted by atomic mass is 16.3. The SMILES string of the molecule is CC1(C)C(C(O)c2ccc3c(c2)CCC3)C1(C)C. The molecule has 2 aliphatic rings. The van der Waals surface area contributed by atoms with Gasteiger partial charge in [-0.2, -0.15) is 0 Å². The van der Waals surface area contributed by atoms with Gasteiger partial charge in [0.15, 0.2) is 0 Å². The Balaban J connectivity index is 1.88. The number of rotatable bonds is 2. The summed E-state index contributed by atoms with van der Waals surface area (Å²) in [7, 11) is 0. The summed E-state index contributed by atoms with van der Waals surface area (Å²) in [6.45, 7) is 9.09. The highest BCUT2D eigenvalue weighted by molar-refractivity contribution is 5.37. The van der Waals surface area contributed by atoms with Gasteiger partial charge < -0.3 is 5.11 Å². The molecule has 18 heavy (non-hydrogen) atoms. The smallest absolute Gasteiger partial charge is 0.0828 e. The van der Waals surface area contributed by atoms with Crippen molar-refractivity contribution in [1.29, 1.82) is 0 Å². The van der Waals surface area contributed by atoms with Crippen LogP contribution in [-0.4, -0.2) is 5.11 Å². The maximum atomic E-state index is 10.7. The van der Waals surface area contributed by atoms with Crippen LogP contribution in [0.2, 0.25) is 0 Å². The third-order valence-electron chi connectivity index (χ3n) is 5.91. The Labute approximate surface area is 110 Å². The molecule has 0 heterocycles. The lowest BCUT2D eigenvalue weighted by molar-refractivity contribution is 0.130. The molecule has 0 saturated heterocycles. The molecule has 1 atom stereocenters. The van der Waals surface area contributed by atoms with Gasteiger partial charge in [-0.3, -0.25) is 0 Å². The molecule has 1 heteroatoms. The van der Waals surface area contributed by atoms with Gasteiger partial charge in [0.1, 0.15) is 0 Å². The van der Waals surface area contributed by atoms with Crippen LogP contribution in [0.3, 0.4) is 0 Å². The number of hydrogen-bond donors (Lipinski definition) is 1. The van der Waals surface area contributed by atoms with Gasteiger partial charge >= 0.3 is 0 Å². The average molecular weight is 244 g/mol. The van der Waals surface area contributed by atoms with Crippen molar-refractivity contribution < 1.29 is 5.11 Å². The number of fused-ring (bicyclic) bond motifs is 1. The Morgan fingerprint density at radius 3 is 2.28 bits per heavy atom. The Hall–Kier alpha value is -0.820. The number of aryl methyl sites for hydroxylation is 2. The summed E-state index contributed by atoms with van der Waals surface area (Å²) >= 11 is 0. The minimum Gasteiger partial charge on any atom is -0.388 e. The fourth-order valence-corrected chi connectivity index (χ4v) is 4.00. The van der Waals surface area contributed by atoms with Gasteiger partial charge in [-0.15, -0.1) is 0 Å². The van der Waals surface area contributed by atoms with Crippen LogP contribution < -0.4 is 0 Å². The van der Waals surface area contributed by atoms with Crippen molar-refractivity contribution in [3.05, 3.63) is 34.9 Å². The quantitative estimate of drug-likeness (QED) is 0.836. The van der Waals surface area contributed by atoms with E-state index in [2.05, 4.69) is 45.9 Å². The van der Waals surface area contributed by atoms with Crippen molar-refractivity contribution in [2.75, 3.05) is 0 Å². The standard InChI is InChI=1S/C17H24O/c1-16(2)15(17(16,3)4)14(18)13-9-8-11-6-5-7-12(11)10-13/h8-10,14-15,18H,5-7H2,1-4H3. The summed E-state index contributed by atoms with van der Waals surface area (Å²) < 4.78 is 0. The van der Waals surface area contributed by atoms with E-state index in [1.54, 1.807) is 0 Å². The Morgan fingerprint density at radius 1 is 1.06 bits per heavy atom. The molecule has 2 aliphatic carbocycles. The van der Waals surface area contributed by atoms with Crippen molar-refractivity contribution >= 4 is 0 Å². The molecule has 0 bridgehead atoms. The van der Waals surface area contributed by atoms with Crippen LogP contribution in [0.4, 0.5) is 0 Å². The summed E-state index contributed by atoms with van der Waals surface area (Å²) in [5.41, 5.74) is 4.55. The van der Waals surface area contributed by atoms with E-state index in [0.717, 1.165) is 5.56 Å². The molecule has 3 rings (SSSR count). The maximum absolute atomic E-state index is 10.7. The number of aliphatic hydroxyl groups is 1. The monoisotopic (exact) mass is 244 g/mol. The lowest BCUT2D eigenvalue weighted by Gasteiger charge is -2.14. The minimum absolute atomic E-state index is 0.241. The molecule has 98 valence electrons. The zero-order valence-corrected chi connectivity index (χ0v) is 12.0. The third kappa shape index (κ3) is 1.50. The number of benzene rings is 1. The van der Waals surface area contributed by atoms with Gasteiger partial charge in [0.05, 0.1) is 6.10 Å². The molecule has 0 spiro atoms. The molecule has 0 aromatic heterocycles. The van der Waals surface area contributed by atoms with Crippen LogP contribution >= 0.6 is 0 Å². The van der Waals surface area contributed by atoms with E-state index in [1.165, 1.54) is 30.4 Å². The van der Waals surface area contributed by atoms with Gasteiger partial charge in [-0.1, -0.05) is 45.9 Å². The largest absolute Gasteiger partial charge is 0.388 e. The first-order valence-corrected chi connectivity index (χ1v) is 7.15. The highest BCUT2D eigenvalue weighted by Crippen LogP contribution is 2.72. The lowest BCUT2D eigenvalue weighted by atomic mass is 9.96. The third-order valence-corrected chi connectivity index (χ3v) is 5.91. The molecule has 1 N–H and O–H groups in total. The molecule has 1 fully saturated rings. The van der Waals surface area contributed by atoms with Gasteiger partial charge in [0.2, 0.25) is 0 Å². The summed E-state index contributed by atoms with van der Waals surface area (Å²) in [4.78, 5) is 0. The van der Waals surface area contributed by atoms with Crippen molar-refractivity contribution in [1.82, 2.24) is 0 Å². The summed E-state index contributed by atoms with van der Waals surface area (Å²) in [5.74, 6) is 0.379. The summed E-state index contributed by atoms with van der Waals surface area (Å²) in [6, 6.07) is 6.61. The topological polar surface area (TPSA) is 20.2 Å². The van der Waals surface area contributed by atoms with Crippen LogP contribution in [-0.2, 0) is 12.8 Å². The van der Waals surface area contributed by atoms with E-state index in [4.69, 9.17) is 0 Å². The predicted octanol–water partition coefficient (Wildman–Crippen LogP) is 3.89. The normalized spacial score (nSPS) is 25.8. The zero-order valence-electron chi connectivity index (χ0n) is 12.0. The molecular weight excluding hydrogens is 220 g/mol. The Kier molecular flexibility index (Phi) is 2.45. The van der Waals surface area contributed by atoms with Gasteiger partial charge in [-0.05, 0) is 46.8 Å². The van der Waals surface area contributed by atoms with Gasteiger partial charge in [0.25, 0.3) is 0 Å². The molecule has 1 saturated carbocycles.